The highest BCUT2D eigenvalue weighted by atomic mass is 16.5. The molecule has 0 aromatic rings. The molecule has 0 N–H and O–H groups in total. The molecule has 2 heteroatoms. The first-order valence-electron chi connectivity index (χ1n) is 6.61. The Kier molecular flexibility index (Phi) is 11.7. The van der Waals surface area contributed by atoms with Crippen molar-refractivity contribution in [1.29, 1.82) is 0 Å². The number of hydrogen-bond acceptors (Lipinski definition) is 2. The monoisotopic (exact) mass is 226 g/mol. The van der Waals surface area contributed by atoms with Gasteiger partial charge in [-0.3, -0.25) is 4.79 Å². The van der Waals surface area contributed by atoms with Crippen molar-refractivity contribution in [2.75, 3.05) is 6.61 Å². The highest BCUT2D eigenvalue weighted by Gasteiger charge is 1.97. The van der Waals surface area contributed by atoms with Gasteiger partial charge in [0.1, 0.15) is 0 Å². The summed E-state index contributed by atoms with van der Waals surface area (Å²) in [6, 6.07) is 0. The van der Waals surface area contributed by atoms with Gasteiger partial charge in [-0.25, -0.2) is 0 Å². The van der Waals surface area contributed by atoms with Crippen LogP contribution in [0.25, 0.3) is 0 Å². The number of unbranched alkanes of at least 4 members (excludes halogenated alkanes) is 4. The molecule has 0 aromatic carbocycles. The Bertz CT molecular complexity index is 185. The Balaban J connectivity index is 3.18. The standard InChI is InChI=1S/C14H26O2/c1-3-5-6-7-8-9-10-11-13-16-14(15)12-4-2/h9-10H,3-8,11-13H2,1-2H3. The Morgan fingerprint density at radius 2 is 1.75 bits per heavy atom. The first kappa shape index (κ1) is 15.2. The molecule has 0 aromatic heterocycles. The van der Waals surface area contributed by atoms with Gasteiger partial charge in [0.2, 0.25) is 0 Å². The first-order valence-corrected chi connectivity index (χ1v) is 6.61. The maximum absolute atomic E-state index is 11.0. The number of esters is 1. The minimum Gasteiger partial charge on any atom is -0.465 e. The molecule has 0 saturated heterocycles. The van der Waals surface area contributed by atoms with E-state index in [1.54, 1.807) is 0 Å². The molecule has 0 radical (unpaired) electrons. The van der Waals surface area contributed by atoms with Crippen molar-refractivity contribution in [1.82, 2.24) is 0 Å². The normalized spacial score (nSPS) is 10.9. The second-order valence-corrected chi connectivity index (χ2v) is 4.08. The van der Waals surface area contributed by atoms with Crippen LogP contribution in [-0.2, 0) is 9.53 Å². The minimum absolute atomic E-state index is 0.0705. The molecule has 16 heavy (non-hydrogen) atoms. The van der Waals surface area contributed by atoms with E-state index in [2.05, 4.69) is 19.1 Å². The molecule has 0 aliphatic heterocycles. The zero-order valence-electron chi connectivity index (χ0n) is 10.8. The molecule has 0 heterocycles. The number of carbonyl (C=O) groups excluding carboxylic acids is 1. The van der Waals surface area contributed by atoms with E-state index in [-0.39, 0.29) is 5.97 Å². The SMILES string of the molecule is CCCCCCC=CCCOC(=O)CCC. The average Bonchev–Trinajstić information content (AvgIpc) is 2.27. The average molecular weight is 226 g/mol. The third kappa shape index (κ3) is 11.3. The summed E-state index contributed by atoms with van der Waals surface area (Å²) in [5.41, 5.74) is 0. The van der Waals surface area contributed by atoms with Gasteiger partial charge in [0, 0.05) is 6.42 Å². The molecule has 0 fully saturated rings. The van der Waals surface area contributed by atoms with E-state index in [0.717, 1.165) is 19.3 Å². The van der Waals surface area contributed by atoms with Crippen molar-refractivity contribution in [3.8, 4) is 0 Å². The van der Waals surface area contributed by atoms with Crippen molar-refractivity contribution in [2.24, 2.45) is 0 Å². The van der Waals surface area contributed by atoms with Gasteiger partial charge in [-0.15, -0.1) is 0 Å². The fourth-order valence-electron chi connectivity index (χ4n) is 1.44. The van der Waals surface area contributed by atoms with Gasteiger partial charge in [0.25, 0.3) is 0 Å². The van der Waals surface area contributed by atoms with E-state index < -0.39 is 0 Å². The number of ether oxygens (including phenoxy) is 1. The quantitative estimate of drug-likeness (QED) is 0.316. The molecule has 0 atom stereocenters. The predicted octanol–water partition coefficient (Wildman–Crippen LogP) is 4.25. The van der Waals surface area contributed by atoms with Crippen molar-refractivity contribution >= 4 is 5.97 Å². The number of hydrogen-bond donors (Lipinski definition) is 0. The second kappa shape index (κ2) is 12.3. The van der Waals surface area contributed by atoms with Crippen LogP contribution in [-0.4, -0.2) is 12.6 Å². The van der Waals surface area contributed by atoms with Crippen LogP contribution < -0.4 is 0 Å². The van der Waals surface area contributed by atoms with Gasteiger partial charge in [-0.1, -0.05) is 45.3 Å². The zero-order valence-corrected chi connectivity index (χ0v) is 10.8. The highest BCUT2D eigenvalue weighted by molar-refractivity contribution is 5.69. The number of rotatable bonds is 10. The molecular formula is C14H26O2. The summed E-state index contributed by atoms with van der Waals surface area (Å²) < 4.78 is 5.04. The zero-order chi connectivity index (χ0) is 12.1. The Hall–Kier alpha value is -0.790. The maximum Gasteiger partial charge on any atom is 0.305 e. The molecule has 0 amide bonds. The van der Waals surface area contributed by atoms with Crippen molar-refractivity contribution < 1.29 is 9.53 Å². The second-order valence-electron chi connectivity index (χ2n) is 4.08. The summed E-state index contributed by atoms with van der Waals surface area (Å²) >= 11 is 0. The molecule has 94 valence electrons. The van der Waals surface area contributed by atoms with Gasteiger partial charge >= 0.3 is 5.97 Å². The van der Waals surface area contributed by atoms with Gasteiger partial charge in [-0.2, -0.15) is 0 Å². The fraction of sp³-hybridized carbons (Fsp3) is 0.786. The van der Waals surface area contributed by atoms with Crippen molar-refractivity contribution in [3.05, 3.63) is 12.2 Å². The molecule has 0 bridgehead atoms. The van der Waals surface area contributed by atoms with Crippen LogP contribution in [0.1, 0.15) is 65.2 Å². The third-order valence-corrected chi connectivity index (χ3v) is 2.39. The molecule has 0 aliphatic rings. The van der Waals surface area contributed by atoms with E-state index in [4.69, 9.17) is 4.74 Å². The summed E-state index contributed by atoms with van der Waals surface area (Å²) in [6.45, 7) is 4.74. The first-order chi connectivity index (χ1) is 7.81. The van der Waals surface area contributed by atoms with E-state index in [0.29, 0.717) is 13.0 Å². The lowest BCUT2D eigenvalue weighted by molar-refractivity contribution is -0.143. The van der Waals surface area contributed by atoms with E-state index in [9.17, 15) is 4.79 Å². The topological polar surface area (TPSA) is 26.3 Å². The molecule has 2 nitrogen and oxygen atoms in total. The van der Waals surface area contributed by atoms with Crippen molar-refractivity contribution in [2.45, 2.75) is 65.2 Å². The summed E-state index contributed by atoms with van der Waals surface area (Å²) in [6.07, 6.45) is 13.0. The smallest absolute Gasteiger partial charge is 0.305 e. The van der Waals surface area contributed by atoms with E-state index in [1.165, 1.54) is 25.7 Å². The number of carbonyl (C=O) groups is 1. The predicted molar refractivity (Wildman–Crippen MR) is 68.4 cm³/mol. The Morgan fingerprint density at radius 3 is 2.44 bits per heavy atom. The number of allylic oxidation sites excluding steroid dienone is 1. The van der Waals surface area contributed by atoms with Crippen LogP contribution in [0.2, 0.25) is 0 Å². The van der Waals surface area contributed by atoms with Gasteiger partial charge in [0.15, 0.2) is 0 Å². The lowest BCUT2D eigenvalue weighted by atomic mass is 10.1. The molecule has 0 spiro atoms. The summed E-state index contributed by atoms with van der Waals surface area (Å²) in [5, 5.41) is 0. The van der Waals surface area contributed by atoms with Crippen LogP contribution in [0.3, 0.4) is 0 Å². The van der Waals surface area contributed by atoms with Crippen molar-refractivity contribution in [3.63, 3.8) is 0 Å². The summed E-state index contributed by atoms with van der Waals surface area (Å²) in [4.78, 5) is 11.0. The molecule has 0 aliphatic carbocycles. The molecule has 0 rings (SSSR count). The van der Waals surface area contributed by atoms with Crippen LogP contribution in [0.5, 0.6) is 0 Å². The van der Waals surface area contributed by atoms with Gasteiger partial charge < -0.3 is 4.74 Å². The highest BCUT2D eigenvalue weighted by Crippen LogP contribution is 2.03. The largest absolute Gasteiger partial charge is 0.465 e. The van der Waals surface area contributed by atoms with Crippen LogP contribution in [0.4, 0.5) is 0 Å². The van der Waals surface area contributed by atoms with Crippen LogP contribution in [0, 0.1) is 0 Å². The lowest BCUT2D eigenvalue weighted by Crippen LogP contribution is -2.04. The Morgan fingerprint density at radius 1 is 1.00 bits per heavy atom. The molecule has 0 saturated carbocycles. The van der Waals surface area contributed by atoms with Gasteiger partial charge in [-0.05, 0) is 25.7 Å². The maximum atomic E-state index is 11.0. The Labute approximate surface area is 100 Å². The lowest BCUT2D eigenvalue weighted by Gasteiger charge is -2.00. The van der Waals surface area contributed by atoms with E-state index >= 15 is 0 Å². The van der Waals surface area contributed by atoms with Crippen LogP contribution >= 0.6 is 0 Å². The summed E-state index contributed by atoms with van der Waals surface area (Å²) in [5.74, 6) is -0.0705. The minimum atomic E-state index is -0.0705. The molecule has 0 unspecified atom stereocenters. The third-order valence-electron chi connectivity index (χ3n) is 2.39. The van der Waals surface area contributed by atoms with Gasteiger partial charge in [0.05, 0.1) is 6.61 Å². The van der Waals surface area contributed by atoms with Crippen LogP contribution in [0.15, 0.2) is 12.2 Å². The fourth-order valence-corrected chi connectivity index (χ4v) is 1.44. The summed E-state index contributed by atoms with van der Waals surface area (Å²) in [7, 11) is 0. The molecular weight excluding hydrogens is 200 g/mol. The van der Waals surface area contributed by atoms with E-state index in [1.807, 2.05) is 6.92 Å².